The zero-order valence-electron chi connectivity index (χ0n) is 11.7. The van der Waals surface area contributed by atoms with Crippen molar-refractivity contribution < 1.29 is 4.74 Å². The van der Waals surface area contributed by atoms with Crippen molar-refractivity contribution in [2.24, 2.45) is 5.41 Å². The van der Waals surface area contributed by atoms with Crippen molar-refractivity contribution in [2.75, 3.05) is 40.4 Å². The molecule has 108 valence electrons. The number of rotatable bonds is 6. The van der Waals surface area contributed by atoms with Gasteiger partial charge in [0.15, 0.2) is 0 Å². The molecule has 1 saturated heterocycles. The highest BCUT2D eigenvalue weighted by atomic mass is 79.9. The van der Waals surface area contributed by atoms with E-state index in [1.165, 1.54) is 22.2 Å². The summed E-state index contributed by atoms with van der Waals surface area (Å²) in [5.74, 6) is 0. The van der Waals surface area contributed by atoms with Crippen LogP contribution in [0.2, 0.25) is 0 Å². The van der Waals surface area contributed by atoms with Gasteiger partial charge in [-0.2, -0.15) is 0 Å². The molecular weight excluding hydrogens is 324 g/mol. The van der Waals surface area contributed by atoms with Crippen LogP contribution in [0.15, 0.2) is 15.2 Å². The van der Waals surface area contributed by atoms with Crippen LogP contribution in [0.1, 0.15) is 18.4 Å². The first-order valence-electron chi connectivity index (χ1n) is 6.77. The number of ether oxygens (including phenoxy) is 1. The van der Waals surface area contributed by atoms with E-state index in [1.54, 1.807) is 11.3 Å². The number of hydrogen-bond acceptors (Lipinski definition) is 4. The average molecular weight is 347 g/mol. The van der Waals surface area contributed by atoms with E-state index in [1.807, 2.05) is 7.05 Å². The summed E-state index contributed by atoms with van der Waals surface area (Å²) >= 11 is 5.28. The standard InChI is InChI=1S/C14H23BrN2OS/c1-16-9-14(4-3-5-18-11-14)10-17(2)7-12-6-13(15)19-8-12/h6,8,16H,3-5,7,9-11H2,1-2H3. The Hall–Kier alpha value is 0.0600. The molecule has 1 aromatic heterocycles. The van der Waals surface area contributed by atoms with Crippen LogP contribution < -0.4 is 5.32 Å². The van der Waals surface area contributed by atoms with Crippen LogP contribution >= 0.6 is 27.3 Å². The van der Waals surface area contributed by atoms with Gasteiger partial charge in [0.2, 0.25) is 0 Å². The van der Waals surface area contributed by atoms with Crippen molar-refractivity contribution in [1.82, 2.24) is 10.2 Å². The van der Waals surface area contributed by atoms with Crippen LogP contribution in [0.5, 0.6) is 0 Å². The van der Waals surface area contributed by atoms with Crippen molar-refractivity contribution in [1.29, 1.82) is 0 Å². The summed E-state index contributed by atoms with van der Waals surface area (Å²) in [6.07, 6.45) is 2.44. The van der Waals surface area contributed by atoms with E-state index in [0.717, 1.165) is 32.8 Å². The Kier molecular flexibility index (Phi) is 5.84. The van der Waals surface area contributed by atoms with E-state index in [-0.39, 0.29) is 5.41 Å². The molecule has 5 heteroatoms. The molecule has 0 saturated carbocycles. The maximum atomic E-state index is 5.72. The molecule has 2 rings (SSSR count). The second kappa shape index (κ2) is 7.18. The van der Waals surface area contributed by atoms with Gasteiger partial charge in [0, 0.05) is 31.7 Å². The molecule has 1 N–H and O–H groups in total. The van der Waals surface area contributed by atoms with E-state index in [0.29, 0.717) is 0 Å². The smallest absolute Gasteiger partial charge is 0.0701 e. The summed E-state index contributed by atoms with van der Waals surface area (Å²) in [5, 5.41) is 5.56. The molecule has 2 heterocycles. The molecule has 1 unspecified atom stereocenters. The summed E-state index contributed by atoms with van der Waals surface area (Å²) in [5.41, 5.74) is 1.66. The summed E-state index contributed by atoms with van der Waals surface area (Å²) in [6, 6.07) is 2.21. The predicted molar refractivity (Wildman–Crippen MR) is 84.8 cm³/mol. The lowest BCUT2D eigenvalue weighted by Crippen LogP contribution is -2.47. The molecule has 0 spiro atoms. The summed E-state index contributed by atoms with van der Waals surface area (Å²) < 4.78 is 6.93. The summed E-state index contributed by atoms with van der Waals surface area (Å²) in [6.45, 7) is 4.93. The molecule has 1 aliphatic rings. The Morgan fingerprint density at radius 1 is 1.58 bits per heavy atom. The summed E-state index contributed by atoms with van der Waals surface area (Å²) in [4.78, 5) is 2.42. The van der Waals surface area contributed by atoms with Gasteiger partial charge < -0.3 is 15.0 Å². The van der Waals surface area contributed by atoms with E-state index in [4.69, 9.17) is 4.74 Å². The van der Waals surface area contributed by atoms with Crippen LogP contribution in [0.4, 0.5) is 0 Å². The Labute approximate surface area is 128 Å². The molecule has 0 aromatic carbocycles. The molecule has 0 radical (unpaired) electrons. The Bertz CT molecular complexity index is 385. The first kappa shape index (κ1) is 15.4. The lowest BCUT2D eigenvalue weighted by Gasteiger charge is -2.39. The van der Waals surface area contributed by atoms with Gasteiger partial charge >= 0.3 is 0 Å². The van der Waals surface area contributed by atoms with Gasteiger partial charge in [-0.1, -0.05) is 0 Å². The minimum atomic E-state index is 0.273. The van der Waals surface area contributed by atoms with Crippen LogP contribution in [-0.4, -0.2) is 45.3 Å². The molecule has 0 amide bonds. The topological polar surface area (TPSA) is 24.5 Å². The molecule has 1 fully saturated rings. The number of thiophene rings is 1. The quantitative estimate of drug-likeness (QED) is 0.856. The SMILES string of the molecule is CNCC1(CN(C)Cc2csc(Br)c2)CCCOC1. The molecule has 0 bridgehead atoms. The highest BCUT2D eigenvalue weighted by Crippen LogP contribution is 2.30. The number of nitrogens with one attached hydrogen (secondary N) is 1. The first-order chi connectivity index (χ1) is 9.13. The minimum Gasteiger partial charge on any atom is -0.381 e. The number of halogens is 1. The zero-order chi connectivity index (χ0) is 13.7. The molecule has 1 aromatic rings. The maximum absolute atomic E-state index is 5.72. The highest BCUT2D eigenvalue weighted by molar-refractivity contribution is 9.11. The molecule has 1 aliphatic heterocycles. The van der Waals surface area contributed by atoms with Gasteiger partial charge in [-0.15, -0.1) is 11.3 Å². The van der Waals surface area contributed by atoms with Gasteiger partial charge in [0.25, 0.3) is 0 Å². The van der Waals surface area contributed by atoms with Crippen LogP contribution in [0, 0.1) is 5.41 Å². The zero-order valence-corrected chi connectivity index (χ0v) is 14.1. The van der Waals surface area contributed by atoms with Gasteiger partial charge in [0.05, 0.1) is 10.4 Å². The molecule has 3 nitrogen and oxygen atoms in total. The number of nitrogens with zero attached hydrogens (tertiary/aromatic N) is 1. The van der Waals surface area contributed by atoms with Crippen molar-refractivity contribution in [3.63, 3.8) is 0 Å². The van der Waals surface area contributed by atoms with Crippen molar-refractivity contribution in [2.45, 2.75) is 19.4 Å². The monoisotopic (exact) mass is 346 g/mol. The third kappa shape index (κ3) is 4.53. The van der Waals surface area contributed by atoms with Gasteiger partial charge in [-0.25, -0.2) is 0 Å². The van der Waals surface area contributed by atoms with Crippen LogP contribution in [0.25, 0.3) is 0 Å². The van der Waals surface area contributed by atoms with Crippen LogP contribution in [0.3, 0.4) is 0 Å². The van der Waals surface area contributed by atoms with Crippen molar-refractivity contribution in [3.8, 4) is 0 Å². The molecular formula is C14H23BrN2OS. The minimum absolute atomic E-state index is 0.273. The van der Waals surface area contributed by atoms with Gasteiger partial charge in [0.1, 0.15) is 0 Å². The van der Waals surface area contributed by atoms with E-state index < -0.39 is 0 Å². The third-order valence-electron chi connectivity index (χ3n) is 3.64. The third-order valence-corrected chi connectivity index (χ3v) is 5.19. The van der Waals surface area contributed by atoms with Crippen LogP contribution in [-0.2, 0) is 11.3 Å². The normalized spacial score (nSPS) is 24.0. The van der Waals surface area contributed by atoms with Gasteiger partial charge in [-0.05, 0) is 59.9 Å². The molecule has 1 atom stereocenters. The average Bonchev–Trinajstić information content (AvgIpc) is 2.75. The van der Waals surface area contributed by atoms with E-state index in [2.05, 4.69) is 44.6 Å². The maximum Gasteiger partial charge on any atom is 0.0701 e. The second-order valence-corrected chi connectivity index (χ2v) is 7.91. The largest absolute Gasteiger partial charge is 0.381 e. The Morgan fingerprint density at radius 3 is 3.00 bits per heavy atom. The number of hydrogen-bond donors (Lipinski definition) is 1. The Balaban J connectivity index is 1.92. The highest BCUT2D eigenvalue weighted by Gasteiger charge is 2.33. The van der Waals surface area contributed by atoms with Crippen molar-refractivity contribution in [3.05, 3.63) is 20.8 Å². The molecule has 19 heavy (non-hydrogen) atoms. The van der Waals surface area contributed by atoms with Gasteiger partial charge in [-0.3, -0.25) is 0 Å². The predicted octanol–water partition coefficient (Wildman–Crippen LogP) is 2.96. The first-order valence-corrected chi connectivity index (χ1v) is 8.45. The van der Waals surface area contributed by atoms with E-state index >= 15 is 0 Å². The van der Waals surface area contributed by atoms with E-state index in [9.17, 15) is 0 Å². The summed E-state index contributed by atoms with van der Waals surface area (Å²) in [7, 11) is 4.24. The fourth-order valence-corrected chi connectivity index (χ4v) is 4.17. The lowest BCUT2D eigenvalue weighted by molar-refractivity contribution is -0.0228. The van der Waals surface area contributed by atoms with Crippen molar-refractivity contribution >= 4 is 27.3 Å². The lowest BCUT2D eigenvalue weighted by atomic mass is 9.82. The molecule has 0 aliphatic carbocycles. The fraction of sp³-hybridized carbons (Fsp3) is 0.714. The Morgan fingerprint density at radius 2 is 2.42 bits per heavy atom. The second-order valence-electron chi connectivity index (χ2n) is 5.62. The fourth-order valence-electron chi connectivity index (χ4n) is 2.97.